The Bertz CT molecular complexity index is 1400. The topological polar surface area (TPSA) is 96.0 Å². The van der Waals surface area contributed by atoms with Gasteiger partial charge >= 0.3 is 0 Å². The average molecular weight is 572 g/mol. The monoisotopic (exact) mass is 571 g/mol. The summed E-state index contributed by atoms with van der Waals surface area (Å²) in [7, 11) is -2.69. The number of ether oxygens (including phenoxy) is 1. The molecule has 10 heteroatoms. The summed E-state index contributed by atoms with van der Waals surface area (Å²) in [5.74, 6) is -0.438. The first-order valence-corrected chi connectivity index (χ1v) is 14.5. The van der Waals surface area contributed by atoms with Gasteiger partial charge in [0.05, 0.1) is 17.7 Å². The summed E-state index contributed by atoms with van der Waals surface area (Å²) < 4.78 is 34.2. The summed E-state index contributed by atoms with van der Waals surface area (Å²) in [5.41, 5.74) is 1.80. The van der Waals surface area contributed by atoms with E-state index < -0.39 is 28.5 Å². The van der Waals surface area contributed by atoms with Crippen LogP contribution in [-0.4, -0.2) is 51.4 Å². The maximum atomic E-state index is 14.0. The third-order valence-electron chi connectivity index (χ3n) is 6.26. The fourth-order valence-electron chi connectivity index (χ4n) is 4.15. The lowest BCUT2D eigenvalue weighted by Crippen LogP contribution is -2.52. The lowest BCUT2D eigenvalue weighted by Gasteiger charge is -2.33. The van der Waals surface area contributed by atoms with E-state index >= 15 is 0 Å². The summed E-state index contributed by atoms with van der Waals surface area (Å²) in [6.07, 6.45) is 0.325. The molecule has 0 fully saturated rings. The second-order valence-corrected chi connectivity index (χ2v) is 11.2. The second-order valence-electron chi connectivity index (χ2n) is 8.96. The number of likely N-dealkylation sites (N-methyl/N-ethyl adjacent to an activating group) is 1. The van der Waals surface area contributed by atoms with Gasteiger partial charge in [0.25, 0.3) is 10.0 Å². The highest BCUT2D eigenvalue weighted by Crippen LogP contribution is 2.28. The van der Waals surface area contributed by atoms with Crippen molar-refractivity contribution in [1.29, 1.82) is 0 Å². The van der Waals surface area contributed by atoms with Gasteiger partial charge < -0.3 is 15.0 Å². The minimum atomic E-state index is -4.16. The maximum Gasteiger partial charge on any atom is 0.264 e. The van der Waals surface area contributed by atoms with Crippen molar-refractivity contribution in [2.45, 2.75) is 44.7 Å². The Hall–Kier alpha value is -3.56. The predicted molar refractivity (Wildman–Crippen MR) is 153 cm³/mol. The number of anilines is 1. The van der Waals surface area contributed by atoms with Crippen LogP contribution in [0.5, 0.6) is 5.75 Å². The van der Waals surface area contributed by atoms with Crippen LogP contribution in [0.4, 0.5) is 5.69 Å². The molecule has 3 aromatic carbocycles. The van der Waals surface area contributed by atoms with Gasteiger partial charge in [-0.05, 0) is 56.2 Å². The third kappa shape index (κ3) is 7.30. The molecule has 0 unspecified atom stereocenters. The molecule has 3 aromatic rings. The molecule has 0 bridgehead atoms. The number of halogens is 1. The van der Waals surface area contributed by atoms with Gasteiger partial charge in [-0.25, -0.2) is 8.42 Å². The van der Waals surface area contributed by atoms with Crippen molar-refractivity contribution in [2.75, 3.05) is 24.5 Å². The van der Waals surface area contributed by atoms with E-state index in [-0.39, 0.29) is 23.0 Å². The molecule has 208 valence electrons. The van der Waals surface area contributed by atoms with Crippen LogP contribution in [-0.2, 0) is 26.2 Å². The molecule has 1 atom stereocenters. The number of nitrogens with zero attached hydrogens (tertiary/aromatic N) is 2. The number of aryl methyl sites for hydroxylation is 1. The molecule has 0 saturated heterocycles. The first-order valence-electron chi connectivity index (χ1n) is 12.7. The average Bonchev–Trinajstić information content (AvgIpc) is 2.92. The minimum absolute atomic E-state index is 0.0324. The van der Waals surface area contributed by atoms with Gasteiger partial charge in [-0.2, -0.15) is 0 Å². The van der Waals surface area contributed by atoms with E-state index in [1.165, 1.54) is 24.1 Å². The zero-order valence-corrected chi connectivity index (χ0v) is 24.1. The SMILES string of the molecule is CCNC(=O)[C@H](CC)N(Cc1ccccc1Cl)C(=O)CN(c1cccc(OC)c1)S(=O)(=O)c1ccc(C)cc1. The molecule has 0 radical (unpaired) electrons. The molecule has 0 aromatic heterocycles. The first-order chi connectivity index (χ1) is 18.6. The highest BCUT2D eigenvalue weighted by Gasteiger charge is 2.34. The molecule has 0 spiro atoms. The number of benzene rings is 3. The number of carbonyl (C=O) groups is 2. The Morgan fingerprint density at radius 1 is 1.00 bits per heavy atom. The van der Waals surface area contributed by atoms with Gasteiger partial charge in [0.15, 0.2) is 0 Å². The highest BCUT2D eigenvalue weighted by molar-refractivity contribution is 7.92. The molecule has 39 heavy (non-hydrogen) atoms. The molecule has 3 rings (SSSR count). The van der Waals surface area contributed by atoms with Crippen molar-refractivity contribution < 1.29 is 22.7 Å². The minimum Gasteiger partial charge on any atom is -0.497 e. The van der Waals surface area contributed by atoms with Gasteiger partial charge in [-0.15, -0.1) is 0 Å². The van der Waals surface area contributed by atoms with Crippen molar-refractivity contribution in [3.05, 3.63) is 88.9 Å². The Morgan fingerprint density at radius 3 is 2.31 bits per heavy atom. The Balaban J connectivity index is 2.09. The first kappa shape index (κ1) is 30.0. The quantitative estimate of drug-likeness (QED) is 0.337. The number of hydrogen-bond donors (Lipinski definition) is 1. The Kier molecular flexibility index (Phi) is 10.4. The van der Waals surface area contributed by atoms with E-state index in [1.54, 1.807) is 74.5 Å². The van der Waals surface area contributed by atoms with Crippen LogP contribution in [0, 0.1) is 6.92 Å². The lowest BCUT2D eigenvalue weighted by atomic mass is 10.1. The van der Waals surface area contributed by atoms with Crippen molar-refractivity contribution in [3.63, 3.8) is 0 Å². The van der Waals surface area contributed by atoms with E-state index in [0.717, 1.165) is 9.87 Å². The van der Waals surface area contributed by atoms with Crippen molar-refractivity contribution in [1.82, 2.24) is 10.2 Å². The van der Waals surface area contributed by atoms with Crippen LogP contribution in [0.25, 0.3) is 0 Å². The van der Waals surface area contributed by atoms with Gasteiger partial charge in [0.1, 0.15) is 18.3 Å². The maximum absolute atomic E-state index is 14.0. The van der Waals surface area contributed by atoms with Gasteiger partial charge in [-0.3, -0.25) is 13.9 Å². The Morgan fingerprint density at radius 2 is 1.69 bits per heavy atom. The molecule has 0 heterocycles. The molecule has 0 aliphatic carbocycles. The summed E-state index contributed by atoms with van der Waals surface area (Å²) in [4.78, 5) is 28.4. The van der Waals surface area contributed by atoms with E-state index in [9.17, 15) is 18.0 Å². The zero-order chi connectivity index (χ0) is 28.6. The standard InChI is InChI=1S/C29H34ClN3O5S/c1-5-27(29(35)31-6-2)32(19-22-10-7-8-13-26(22)30)28(34)20-33(23-11-9-12-24(18-23)38-4)39(36,37)25-16-14-21(3)15-17-25/h7-18,27H,5-6,19-20H2,1-4H3,(H,31,35)/t27-/m0/s1. The number of rotatable bonds is 12. The zero-order valence-electron chi connectivity index (χ0n) is 22.6. The fraction of sp³-hybridized carbons (Fsp3) is 0.310. The molecule has 2 amide bonds. The van der Waals surface area contributed by atoms with Crippen molar-refractivity contribution in [2.24, 2.45) is 0 Å². The number of sulfonamides is 1. The Labute approximate surface area is 235 Å². The van der Waals surface area contributed by atoms with Crippen LogP contribution in [0.3, 0.4) is 0 Å². The van der Waals surface area contributed by atoms with Crippen molar-refractivity contribution in [3.8, 4) is 5.75 Å². The smallest absolute Gasteiger partial charge is 0.264 e. The van der Waals surface area contributed by atoms with Gasteiger partial charge in [-0.1, -0.05) is 60.5 Å². The number of hydrogen-bond acceptors (Lipinski definition) is 5. The van der Waals surface area contributed by atoms with Crippen LogP contribution < -0.4 is 14.4 Å². The number of carbonyl (C=O) groups excluding carboxylic acids is 2. The van der Waals surface area contributed by atoms with Crippen LogP contribution >= 0.6 is 11.6 Å². The molecule has 0 saturated carbocycles. The largest absolute Gasteiger partial charge is 0.497 e. The summed E-state index contributed by atoms with van der Waals surface area (Å²) in [6, 6.07) is 19.1. The van der Waals surface area contributed by atoms with Crippen LogP contribution in [0.1, 0.15) is 31.4 Å². The second kappa shape index (κ2) is 13.5. The summed E-state index contributed by atoms with van der Waals surface area (Å²) in [6.45, 7) is 5.34. The lowest BCUT2D eigenvalue weighted by molar-refractivity contribution is -0.140. The summed E-state index contributed by atoms with van der Waals surface area (Å²) >= 11 is 6.40. The normalized spacial score (nSPS) is 11.9. The fourth-order valence-corrected chi connectivity index (χ4v) is 5.75. The highest BCUT2D eigenvalue weighted by atomic mass is 35.5. The van der Waals surface area contributed by atoms with E-state index in [1.807, 2.05) is 6.92 Å². The summed E-state index contributed by atoms with van der Waals surface area (Å²) in [5, 5.41) is 3.22. The van der Waals surface area contributed by atoms with E-state index in [2.05, 4.69) is 5.32 Å². The van der Waals surface area contributed by atoms with E-state index in [0.29, 0.717) is 29.3 Å². The number of amides is 2. The van der Waals surface area contributed by atoms with Crippen molar-refractivity contribution >= 4 is 39.1 Å². The molecule has 1 N–H and O–H groups in total. The predicted octanol–water partition coefficient (Wildman–Crippen LogP) is 4.80. The van der Waals surface area contributed by atoms with E-state index in [4.69, 9.17) is 16.3 Å². The molecule has 8 nitrogen and oxygen atoms in total. The molecular formula is C29H34ClN3O5S. The van der Waals surface area contributed by atoms with Crippen LogP contribution in [0.15, 0.2) is 77.7 Å². The van der Waals surface area contributed by atoms with Crippen LogP contribution in [0.2, 0.25) is 5.02 Å². The number of methoxy groups -OCH3 is 1. The molecule has 0 aliphatic heterocycles. The third-order valence-corrected chi connectivity index (χ3v) is 8.42. The van der Waals surface area contributed by atoms with Gasteiger partial charge in [0.2, 0.25) is 11.8 Å². The van der Waals surface area contributed by atoms with Gasteiger partial charge in [0, 0.05) is 24.2 Å². The molecule has 0 aliphatic rings. The number of nitrogens with one attached hydrogen (secondary N) is 1. The molecular weight excluding hydrogens is 538 g/mol.